The summed E-state index contributed by atoms with van der Waals surface area (Å²) in [6.07, 6.45) is 4.76. The van der Waals surface area contributed by atoms with Gasteiger partial charge < -0.3 is 16.2 Å². The van der Waals surface area contributed by atoms with Gasteiger partial charge in [0, 0.05) is 6.54 Å². The Kier molecular flexibility index (Phi) is 3.45. The van der Waals surface area contributed by atoms with Gasteiger partial charge in [-0.1, -0.05) is 25.8 Å². The molecule has 0 radical (unpaired) electrons. The molecule has 4 heteroatoms. The highest BCUT2D eigenvalue weighted by molar-refractivity contribution is 5.98. The number of nitrogens with two attached hydrogens (primary N) is 1. The molecule has 1 aromatic carbocycles. The van der Waals surface area contributed by atoms with Crippen molar-refractivity contribution in [3.8, 4) is 5.75 Å². The van der Waals surface area contributed by atoms with Crippen molar-refractivity contribution in [2.24, 2.45) is 5.41 Å². The Hall–Kier alpha value is -1.71. The van der Waals surface area contributed by atoms with E-state index in [0.29, 0.717) is 6.54 Å². The topological polar surface area (TPSA) is 75.4 Å². The summed E-state index contributed by atoms with van der Waals surface area (Å²) in [5.41, 5.74) is 6.25. The summed E-state index contributed by atoms with van der Waals surface area (Å²) in [6, 6.07) is 4.82. The van der Waals surface area contributed by atoms with Crippen LogP contribution in [0, 0.1) is 5.41 Å². The molecule has 98 valence electrons. The number of hydrogen-bond donors (Lipinski definition) is 3. The second-order valence-electron chi connectivity index (χ2n) is 5.44. The van der Waals surface area contributed by atoms with Crippen LogP contribution in [0.3, 0.4) is 0 Å². The van der Waals surface area contributed by atoms with E-state index in [1.54, 1.807) is 18.2 Å². The molecular formula is C14H20N2O2. The molecule has 2 rings (SSSR count). The third kappa shape index (κ3) is 2.58. The summed E-state index contributed by atoms with van der Waals surface area (Å²) in [6.45, 7) is 2.85. The van der Waals surface area contributed by atoms with Crippen molar-refractivity contribution in [2.75, 3.05) is 12.3 Å². The Labute approximate surface area is 107 Å². The van der Waals surface area contributed by atoms with E-state index in [1.807, 2.05) is 0 Å². The number of nitrogen functional groups attached to an aromatic ring is 1. The van der Waals surface area contributed by atoms with Crippen LogP contribution in [-0.4, -0.2) is 17.6 Å². The van der Waals surface area contributed by atoms with Crippen LogP contribution in [0.4, 0.5) is 5.69 Å². The maximum Gasteiger partial charge on any atom is 0.255 e. The highest BCUT2D eigenvalue weighted by atomic mass is 16.3. The molecule has 1 aliphatic rings. The van der Waals surface area contributed by atoms with Gasteiger partial charge in [0.25, 0.3) is 5.91 Å². The Bertz CT molecular complexity index is 451. The van der Waals surface area contributed by atoms with E-state index in [0.717, 1.165) is 12.8 Å². The lowest BCUT2D eigenvalue weighted by Gasteiger charge is -2.23. The highest BCUT2D eigenvalue weighted by Crippen LogP contribution is 2.36. The number of amides is 1. The largest absolute Gasteiger partial charge is 0.505 e. The van der Waals surface area contributed by atoms with Crippen LogP contribution in [0.5, 0.6) is 5.75 Å². The first-order valence-electron chi connectivity index (χ1n) is 6.37. The highest BCUT2D eigenvalue weighted by Gasteiger charge is 2.29. The first-order valence-corrected chi connectivity index (χ1v) is 6.37. The van der Waals surface area contributed by atoms with Crippen LogP contribution < -0.4 is 11.1 Å². The maximum absolute atomic E-state index is 12.0. The first kappa shape index (κ1) is 12.7. The Balaban J connectivity index is 2.01. The van der Waals surface area contributed by atoms with Crippen molar-refractivity contribution in [3.63, 3.8) is 0 Å². The summed E-state index contributed by atoms with van der Waals surface area (Å²) in [4.78, 5) is 12.0. The standard InChI is InChI=1S/C14H20N2O2/c1-14(7-2-3-8-14)9-16-13(18)10-5-4-6-11(15)12(10)17/h4-6,17H,2-3,7-9,15H2,1H3,(H,16,18). The number of rotatable bonds is 3. The predicted octanol–water partition coefficient (Wildman–Crippen LogP) is 2.28. The van der Waals surface area contributed by atoms with Gasteiger partial charge >= 0.3 is 0 Å². The van der Waals surface area contributed by atoms with E-state index in [4.69, 9.17) is 5.73 Å². The summed E-state index contributed by atoms with van der Waals surface area (Å²) in [7, 11) is 0. The van der Waals surface area contributed by atoms with Crippen LogP contribution in [0.2, 0.25) is 0 Å². The molecule has 0 spiro atoms. The molecule has 0 unspecified atom stereocenters. The average molecular weight is 248 g/mol. The fourth-order valence-electron chi connectivity index (χ4n) is 2.54. The number of aromatic hydroxyl groups is 1. The number of carbonyl (C=O) groups excluding carboxylic acids is 1. The molecule has 4 nitrogen and oxygen atoms in total. The number of hydrogen-bond acceptors (Lipinski definition) is 3. The van der Waals surface area contributed by atoms with Crippen LogP contribution in [0.1, 0.15) is 43.0 Å². The zero-order valence-corrected chi connectivity index (χ0v) is 10.7. The van der Waals surface area contributed by atoms with Gasteiger partial charge in [-0.25, -0.2) is 0 Å². The molecule has 0 heterocycles. The first-order chi connectivity index (χ1) is 8.52. The lowest BCUT2D eigenvalue weighted by atomic mass is 9.89. The van der Waals surface area contributed by atoms with Crippen LogP contribution in [-0.2, 0) is 0 Å². The Morgan fingerprint density at radius 1 is 1.44 bits per heavy atom. The monoisotopic (exact) mass is 248 g/mol. The van der Waals surface area contributed by atoms with E-state index < -0.39 is 0 Å². The van der Waals surface area contributed by atoms with Crippen molar-refractivity contribution < 1.29 is 9.90 Å². The van der Waals surface area contributed by atoms with Crippen LogP contribution in [0.25, 0.3) is 0 Å². The minimum absolute atomic E-state index is 0.133. The SMILES string of the molecule is CC1(CNC(=O)c2cccc(N)c2O)CCCC1. The predicted molar refractivity (Wildman–Crippen MR) is 71.4 cm³/mol. The maximum atomic E-state index is 12.0. The van der Waals surface area contributed by atoms with Gasteiger partial charge in [-0.05, 0) is 30.4 Å². The third-order valence-corrected chi connectivity index (χ3v) is 3.80. The van der Waals surface area contributed by atoms with Crippen molar-refractivity contribution >= 4 is 11.6 Å². The van der Waals surface area contributed by atoms with Gasteiger partial charge in [0.2, 0.25) is 0 Å². The van der Waals surface area contributed by atoms with Gasteiger partial charge in [-0.15, -0.1) is 0 Å². The zero-order chi connectivity index (χ0) is 13.2. The molecule has 18 heavy (non-hydrogen) atoms. The lowest BCUT2D eigenvalue weighted by molar-refractivity contribution is 0.0931. The lowest BCUT2D eigenvalue weighted by Crippen LogP contribution is -2.34. The number of phenols is 1. The van der Waals surface area contributed by atoms with E-state index in [-0.39, 0.29) is 28.3 Å². The smallest absolute Gasteiger partial charge is 0.255 e. The van der Waals surface area contributed by atoms with Crippen molar-refractivity contribution in [3.05, 3.63) is 23.8 Å². The van der Waals surface area contributed by atoms with Gasteiger partial charge in [0.05, 0.1) is 11.3 Å². The molecule has 1 saturated carbocycles. The second-order valence-corrected chi connectivity index (χ2v) is 5.44. The van der Waals surface area contributed by atoms with E-state index >= 15 is 0 Å². The fraction of sp³-hybridized carbons (Fsp3) is 0.500. The molecule has 1 aliphatic carbocycles. The number of nitrogens with one attached hydrogen (secondary N) is 1. The molecule has 0 atom stereocenters. The van der Waals surface area contributed by atoms with Gasteiger partial charge in [-0.2, -0.15) is 0 Å². The number of anilines is 1. The zero-order valence-electron chi connectivity index (χ0n) is 10.7. The minimum atomic E-state index is -0.257. The quantitative estimate of drug-likeness (QED) is 0.567. The summed E-state index contributed by atoms with van der Waals surface area (Å²) >= 11 is 0. The molecule has 1 fully saturated rings. The molecule has 0 saturated heterocycles. The van der Waals surface area contributed by atoms with Crippen molar-refractivity contribution in [2.45, 2.75) is 32.6 Å². The minimum Gasteiger partial charge on any atom is -0.505 e. The van der Waals surface area contributed by atoms with E-state index in [1.165, 1.54) is 12.8 Å². The normalized spacial score (nSPS) is 17.6. The summed E-state index contributed by atoms with van der Waals surface area (Å²) in [5.74, 6) is -0.389. The number of benzene rings is 1. The number of para-hydroxylation sites is 1. The second kappa shape index (κ2) is 4.88. The van der Waals surface area contributed by atoms with Crippen molar-refractivity contribution in [1.29, 1.82) is 0 Å². The van der Waals surface area contributed by atoms with Gasteiger partial charge in [-0.3, -0.25) is 4.79 Å². The number of phenolic OH excluding ortho intramolecular Hbond substituents is 1. The van der Waals surface area contributed by atoms with E-state index in [2.05, 4.69) is 12.2 Å². The molecule has 1 aromatic rings. The van der Waals surface area contributed by atoms with Crippen LogP contribution in [0.15, 0.2) is 18.2 Å². The molecule has 4 N–H and O–H groups in total. The molecule has 1 amide bonds. The van der Waals surface area contributed by atoms with Gasteiger partial charge in [0.1, 0.15) is 0 Å². The van der Waals surface area contributed by atoms with Crippen molar-refractivity contribution in [1.82, 2.24) is 5.32 Å². The van der Waals surface area contributed by atoms with Crippen LogP contribution >= 0.6 is 0 Å². The van der Waals surface area contributed by atoms with Gasteiger partial charge in [0.15, 0.2) is 5.75 Å². The summed E-state index contributed by atoms with van der Waals surface area (Å²) < 4.78 is 0. The molecule has 0 aromatic heterocycles. The average Bonchev–Trinajstić information content (AvgIpc) is 2.77. The number of carbonyl (C=O) groups is 1. The fourth-order valence-corrected chi connectivity index (χ4v) is 2.54. The molecular weight excluding hydrogens is 228 g/mol. The Morgan fingerprint density at radius 2 is 2.11 bits per heavy atom. The van der Waals surface area contributed by atoms with E-state index in [9.17, 15) is 9.90 Å². The summed E-state index contributed by atoms with van der Waals surface area (Å²) in [5, 5.41) is 12.6. The molecule has 0 aliphatic heterocycles. The third-order valence-electron chi connectivity index (χ3n) is 3.80. The Morgan fingerprint density at radius 3 is 2.78 bits per heavy atom. The molecule has 0 bridgehead atoms.